The molecule has 0 aliphatic carbocycles. The molecule has 2 atom stereocenters. The first-order valence-corrected chi connectivity index (χ1v) is 7.48. The van der Waals surface area contributed by atoms with Crippen LogP contribution in [0.1, 0.15) is 34.1 Å². The summed E-state index contributed by atoms with van der Waals surface area (Å²) in [5.74, 6) is 1.43. The van der Waals surface area contributed by atoms with Crippen molar-refractivity contribution < 1.29 is 4.79 Å². The van der Waals surface area contributed by atoms with Crippen molar-refractivity contribution in [1.82, 2.24) is 15.1 Å². The predicted octanol–water partition coefficient (Wildman–Crippen LogP) is 1.42. The number of piperazine rings is 1. The second-order valence-corrected chi connectivity index (χ2v) is 6.83. The van der Waals surface area contributed by atoms with Gasteiger partial charge in [-0.1, -0.05) is 27.7 Å². The molecule has 1 N–H and O–H groups in total. The SMILES string of the molecule is CC(C)CC1CN(C(=O)CN(C)C)C(C(C)C)CN1. The number of hydrogen-bond donors (Lipinski definition) is 1. The predicted molar refractivity (Wildman–Crippen MR) is 80.1 cm³/mol. The van der Waals surface area contributed by atoms with E-state index in [0.717, 1.165) is 19.5 Å². The third-order valence-corrected chi connectivity index (χ3v) is 3.73. The van der Waals surface area contributed by atoms with Gasteiger partial charge in [-0.3, -0.25) is 4.79 Å². The zero-order valence-electron chi connectivity index (χ0n) is 13.4. The van der Waals surface area contributed by atoms with Gasteiger partial charge >= 0.3 is 0 Å². The van der Waals surface area contributed by atoms with E-state index in [4.69, 9.17) is 0 Å². The number of likely N-dealkylation sites (N-methyl/N-ethyl adjacent to an activating group) is 1. The quantitative estimate of drug-likeness (QED) is 0.820. The third kappa shape index (κ3) is 5.11. The zero-order valence-corrected chi connectivity index (χ0v) is 13.4. The molecule has 0 aromatic rings. The van der Waals surface area contributed by atoms with E-state index in [9.17, 15) is 4.79 Å². The van der Waals surface area contributed by atoms with E-state index in [1.54, 1.807) is 0 Å². The van der Waals surface area contributed by atoms with Crippen LogP contribution in [0.4, 0.5) is 0 Å². The van der Waals surface area contributed by atoms with Crippen molar-refractivity contribution in [1.29, 1.82) is 0 Å². The first-order chi connectivity index (χ1) is 8.81. The van der Waals surface area contributed by atoms with E-state index < -0.39 is 0 Å². The van der Waals surface area contributed by atoms with Crippen LogP contribution in [-0.4, -0.2) is 61.5 Å². The maximum absolute atomic E-state index is 12.4. The van der Waals surface area contributed by atoms with Gasteiger partial charge in [0.2, 0.25) is 5.91 Å². The van der Waals surface area contributed by atoms with Crippen LogP contribution in [0.2, 0.25) is 0 Å². The van der Waals surface area contributed by atoms with Gasteiger partial charge in [-0.05, 0) is 32.4 Å². The monoisotopic (exact) mass is 269 g/mol. The molecule has 0 spiro atoms. The molecular weight excluding hydrogens is 238 g/mol. The van der Waals surface area contributed by atoms with E-state index in [2.05, 4.69) is 37.9 Å². The smallest absolute Gasteiger partial charge is 0.237 e. The molecule has 19 heavy (non-hydrogen) atoms. The normalized spacial score (nSPS) is 24.6. The van der Waals surface area contributed by atoms with Gasteiger partial charge < -0.3 is 15.1 Å². The second kappa shape index (κ2) is 7.25. The lowest BCUT2D eigenvalue weighted by molar-refractivity contribution is -0.137. The fourth-order valence-corrected chi connectivity index (χ4v) is 2.81. The lowest BCUT2D eigenvalue weighted by atomic mass is 9.95. The number of nitrogens with zero attached hydrogens (tertiary/aromatic N) is 2. The Kier molecular flexibility index (Phi) is 6.27. The summed E-state index contributed by atoms with van der Waals surface area (Å²) in [5, 5.41) is 3.61. The Balaban J connectivity index is 2.70. The van der Waals surface area contributed by atoms with Gasteiger partial charge in [0.15, 0.2) is 0 Å². The highest BCUT2D eigenvalue weighted by molar-refractivity contribution is 5.78. The molecule has 4 nitrogen and oxygen atoms in total. The molecule has 0 bridgehead atoms. The van der Waals surface area contributed by atoms with Crippen molar-refractivity contribution in [2.24, 2.45) is 11.8 Å². The molecule has 0 radical (unpaired) electrons. The third-order valence-electron chi connectivity index (χ3n) is 3.73. The number of rotatable bonds is 5. The Hall–Kier alpha value is -0.610. The highest BCUT2D eigenvalue weighted by Gasteiger charge is 2.33. The minimum Gasteiger partial charge on any atom is -0.336 e. The topological polar surface area (TPSA) is 35.6 Å². The van der Waals surface area contributed by atoms with Crippen LogP contribution in [0, 0.1) is 11.8 Å². The minimum atomic E-state index is 0.263. The van der Waals surface area contributed by atoms with Gasteiger partial charge in [0, 0.05) is 25.2 Å². The molecule has 0 aromatic carbocycles. The number of amides is 1. The van der Waals surface area contributed by atoms with Crippen molar-refractivity contribution in [2.45, 2.75) is 46.2 Å². The van der Waals surface area contributed by atoms with Crippen molar-refractivity contribution in [3.63, 3.8) is 0 Å². The van der Waals surface area contributed by atoms with E-state index in [1.807, 2.05) is 19.0 Å². The zero-order chi connectivity index (χ0) is 14.6. The summed E-state index contributed by atoms with van der Waals surface area (Å²) in [4.78, 5) is 16.5. The van der Waals surface area contributed by atoms with Crippen molar-refractivity contribution in [3.8, 4) is 0 Å². The summed E-state index contributed by atoms with van der Waals surface area (Å²) in [5.41, 5.74) is 0. The Bertz CT molecular complexity index is 289. The fourth-order valence-electron chi connectivity index (χ4n) is 2.81. The van der Waals surface area contributed by atoms with Gasteiger partial charge in [-0.25, -0.2) is 0 Å². The summed E-state index contributed by atoms with van der Waals surface area (Å²) in [7, 11) is 3.91. The molecule has 1 rings (SSSR count). The average Bonchev–Trinajstić information content (AvgIpc) is 2.26. The van der Waals surface area contributed by atoms with E-state index in [-0.39, 0.29) is 5.91 Å². The van der Waals surface area contributed by atoms with Crippen LogP contribution >= 0.6 is 0 Å². The number of hydrogen-bond acceptors (Lipinski definition) is 3. The van der Waals surface area contributed by atoms with Crippen LogP contribution in [0.25, 0.3) is 0 Å². The molecule has 1 amide bonds. The molecule has 1 aliphatic rings. The van der Waals surface area contributed by atoms with E-state index in [1.165, 1.54) is 0 Å². The highest BCUT2D eigenvalue weighted by Crippen LogP contribution is 2.18. The molecule has 0 aromatic heterocycles. The molecule has 0 saturated carbocycles. The maximum Gasteiger partial charge on any atom is 0.237 e. The Labute approximate surface area is 118 Å². The summed E-state index contributed by atoms with van der Waals surface area (Å²) >= 11 is 0. The average molecular weight is 269 g/mol. The van der Waals surface area contributed by atoms with Crippen molar-refractivity contribution in [2.75, 3.05) is 33.7 Å². The molecule has 1 aliphatic heterocycles. The van der Waals surface area contributed by atoms with Gasteiger partial charge in [0.05, 0.1) is 6.54 Å². The molecular formula is C15H31N3O. The first-order valence-electron chi connectivity index (χ1n) is 7.48. The van der Waals surface area contributed by atoms with Gasteiger partial charge in [0.25, 0.3) is 0 Å². The van der Waals surface area contributed by atoms with Crippen LogP contribution in [0.5, 0.6) is 0 Å². The summed E-state index contributed by atoms with van der Waals surface area (Å²) < 4.78 is 0. The minimum absolute atomic E-state index is 0.263. The molecule has 1 fully saturated rings. The van der Waals surface area contributed by atoms with Crippen molar-refractivity contribution >= 4 is 5.91 Å². The number of carbonyl (C=O) groups is 1. The lowest BCUT2D eigenvalue weighted by Gasteiger charge is -2.43. The van der Waals surface area contributed by atoms with E-state index in [0.29, 0.717) is 30.5 Å². The van der Waals surface area contributed by atoms with Crippen LogP contribution in [0.3, 0.4) is 0 Å². The Morgan fingerprint density at radius 2 is 1.95 bits per heavy atom. The molecule has 2 unspecified atom stereocenters. The largest absolute Gasteiger partial charge is 0.336 e. The van der Waals surface area contributed by atoms with Gasteiger partial charge in [0.1, 0.15) is 0 Å². The highest BCUT2D eigenvalue weighted by atomic mass is 16.2. The summed E-state index contributed by atoms with van der Waals surface area (Å²) in [6, 6.07) is 0.775. The Morgan fingerprint density at radius 3 is 2.42 bits per heavy atom. The molecule has 1 saturated heterocycles. The van der Waals surface area contributed by atoms with Gasteiger partial charge in [-0.15, -0.1) is 0 Å². The lowest BCUT2D eigenvalue weighted by Crippen LogP contribution is -2.61. The summed E-state index contributed by atoms with van der Waals surface area (Å²) in [6.45, 7) is 11.2. The molecule has 1 heterocycles. The van der Waals surface area contributed by atoms with Crippen LogP contribution in [-0.2, 0) is 4.79 Å². The first kappa shape index (κ1) is 16.4. The standard InChI is InChI=1S/C15H31N3O/c1-11(2)7-13-9-18(15(19)10-17(5)6)14(8-16-13)12(3)4/h11-14,16H,7-10H2,1-6H3. The fraction of sp³-hybridized carbons (Fsp3) is 0.933. The van der Waals surface area contributed by atoms with Crippen molar-refractivity contribution in [3.05, 3.63) is 0 Å². The van der Waals surface area contributed by atoms with Crippen LogP contribution < -0.4 is 5.32 Å². The number of carbonyl (C=O) groups excluding carboxylic acids is 1. The second-order valence-electron chi connectivity index (χ2n) is 6.83. The Morgan fingerprint density at radius 1 is 1.32 bits per heavy atom. The van der Waals surface area contributed by atoms with Crippen LogP contribution in [0.15, 0.2) is 0 Å². The van der Waals surface area contributed by atoms with Gasteiger partial charge in [-0.2, -0.15) is 0 Å². The molecule has 4 heteroatoms. The maximum atomic E-state index is 12.4. The van der Waals surface area contributed by atoms with E-state index >= 15 is 0 Å². The summed E-state index contributed by atoms with van der Waals surface area (Å²) in [6.07, 6.45) is 1.14. The molecule has 112 valence electrons. The number of nitrogens with one attached hydrogen (secondary N) is 1.